The van der Waals surface area contributed by atoms with Crippen LogP contribution in [0.15, 0.2) is 18.2 Å². The number of alkyl halides is 2. The molecule has 0 saturated carbocycles. The highest BCUT2D eigenvalue weighted by Crippen LogP contribution is 2.28. The summed E-state index contributed by atoms with van der Waals surface area (Å²) in [5.74, 6) is 0. The van der Waals surface area contributed by atoms with Crippen LogP contribution >= 0.6 is 0 Å². The molecule has 6 heteroatoms. The molecule has 0 aliphatic rings. The first kappa shape index (κ1) is 11.5. The van der Waals surface area contributed by atoms with E-state index in [1.54, 1.807) is 6.92 Å². The molecule has 0 amide bonds. The van der Waals surface area contributed by atoms with Crippen molar-refractivity contribution in [2.24, 2.45) is 5.73 Å². The zero-order valence-corrected chi connectivity index (χ0v) is 7.98. The van der Waals surface area contributed by atoms with Crippen molar-refractivity contribution >= 4 is 5.69 Å². The van der Waals surface area contributed by atoms with Gasteiger partial charge < -0.3 is 5.73 Å². The van der Waals surface area contributed by atoms with Crippen LogP contribution in [0.4, 0.5) is 14.5 Å². The van der Waals surface area contributed by atoms with Crippen LogP contribution < -0.4 is 5.73 Å². The number of nitro groups is 1. The van der Waals surface area contributed by atoms with Crippen molar-refractivity contribution in [3.63, 3.8) is 0 Å². The van der Waals surface area contributed by atoms with Crippen LogP contribution in [-0.2, 0) is 0 Å². The van der Waals surface area contributed by atoms with Crippen LogP contribution in [0.3, 0.4) is 0 Å². The Morgan fingerprint density at radius 3 is 2.53 bits per heavy atom. The third-order valence-electron chi connectivity index (χ3n) is 2.01. The summed E-state index contributed by atoms with van der Waals surface area (Å²) in [5.41, 5.74) is 5.35. The number of nitro benzene ring substituents is 1. The van der Waals surface area contributed by atoms with Gasteiger partial charge in [-0.15, -0.1) is 0 Å². The molecule has 1 atom stereocenters. The predicted octanol–water partition coefficient (Wildman–Crippen LogP) is 2.17. The molecule has 0 radical (unpaired) electrons. The van der Waals surface area contributed by atoms with Crippen molar-refractivity contribution < 1.29 is 13.7 Å². The number of halogens is 2. The molecular formula is C9H10F2N2O2. The van der Waals surface area contributed by atoms with Gasteiger partial charge in [-0.2, -0.15) is 0 Å². The number of hydrogen-bond donors (Lipinski definition) is 1. The lowest BCUT2D eigenvalue weighted by molar-refractivity contribution is -0.385. The quantitative estimate of drug-likeness (QED) is 0.621. The normalized spacial score (nSPS) is 12.9. The topological polar surface area (TPSA) is 69.2 Å². The molecule has 0 saturated heterocycles. The van der Waals surface area contributed by atoms with E-state index in [2.05, 4.69) is 0 Å². The summed E-state index contributed by atoms with van der Waals surface area (Å²) in [7, 11) is 0. The van der Waals surface area contributed by atoms with Gasteiger partial charge in [-0.25, -0.2) is 8.78 Å². The van der Waals surface area contributed by atoms with Gasteiger partial charge in [0.05, 0.1) is 16.5 Å². The molecule has 82 valence electrons. The number of rotatable bonds is 3. The van der Waals surface area contributed by atoms with E-state index >= 15 is 0 Å². The zero-order chi connectivity index (χ0) is 11.6. The van der Waals surface area contributed by atoms with Crippen molar-refractivity contribution in [2.45, 2.75) is 19.4 Å². The predicted molar refractivity (Wildman–Crippen MR) is 50.8 cm³/mol. The molecular weight excluding hydrogens is 206 g/mol. The summed E-state index contributed by atoms with van der Waals surface area (Å²) in [6, 6.07) is 2.37. The van der Waals surface area contributed by atoms with Crippen molar-refractivity contribution in [2.75, 3.05) is 0 Å². The Morgan fingerprint density at radius 2 is 2.07 bits per heavy atom. The molecule has 1 aromatic carbocycles. The van der Waals surface area contributed by atoms with Gasteiger partial charge in [-0.05, 0) is 13.0 Å². The van der Waals surface area contributed by atoms with Gasteiger partial charge in [-0.3, -0.25) is 10.1 Å². The van der Waals surface area contributed by atoms with E-state index in [0.717, 1.165) is 0 Å². The standard InChI is InChI=1S/C9H10F2N2O2/c1-5-2-3-7(13(14)15)6(4-5)8(12)9(10)11/h2-4,8-9H,12H2,1H3. The van der Waals surface area contributed by atoms with Crippen molar-refractivity contribution in [1.29, 1.82) is 0 Å². The molecule has 15 heavy (non-hydrogen) atoms. The van der Waals surface area contributed by atoms with Crippen LogP contribution in [0.25, 0.3) is 0 Å². The highest BCUT2D eigenvalue weighted by molar-refractivity contribution is 5.44. The number of aryl methyl sites for hydroxylation is 1. The Bertz CT molecular complexity index is 382. The fraction of sp³-hybridized carbons (Fsp3) is 0.333. The first-order valence-electron chi connectivity index (χ1n) is 4.22. The van der Waals surface area contributed by atoms with Crippen molar-refractivity contribution in [3.8, 4) is 0 Å². The third-order valence-corrected chi connectivity index (χ3v) is 2.01. The average Bonchev–Trinajstić information content (AvgIpc) is 2.15. The van der Waals surface area contributed by atoms with E-state index in [1.807, 2.05) is 0 Å². The number of nitrogens with two attached hydrogens (primary N) is 1. The lowest BCUT2D eigenvalue weighted by Crippen LogP contribution is -2.20. The summed E-state index contributed by atoms with van der Waals surface area (Å²) in [5, 5.41) is 10.6. The van der Waals surface area contributed by atoms with Crippen LogP contribution in [-0.4, -0.2) is 11.3 Å². The Morgan fingerprint density at radius 1 is 1.47 bits per heavy atom. The first-order valence-corrected chi connectivity index (χ1v) is 4.22. The Balaban J connectivity index is 3.24. The minimum atomic E-state index is -2.81. The molecule has 1 unspecified atom stereocenters. The Labute approximate surface area is 84.9 Å². The van der Waals surface area contributed by atoms with Gasteiger partial charge in [0, 0.05) is 6.07 Å². The first-order chi connectivity index (χ1) is 6.93. The van der Waals surface area contributed by atoms with E-state index in [0.29, 0.717) is 5.56 Å². The van der Waals surface area contributed by atoms with Gasteiger partial charge in [0.25, 0.3) is 12.1 Å². The summed E-state index contributed by atoms with van der Waals surface area (Å²) >= 11 is 0. The van der Waals surface area contributed by atoms with E-state index in [1.165, 1.54) is 18.2 Å². The maximum atomic E-state index is 12.3. The largest absolute Gasteiger partial charge is 0.319 e. The van der Waals surface area contributed by atoms with Gasteiger partial charge in [0.2, 0.25) is 0 Å². The molecule has 0 bridgehead atoms. The summed E-state index contributed by atoms with van der Waals surface area (Å²) in [6.45, 7) is 1.66. The molecule has 0 spiro atoms. The van der Waals surface area contributed by atoms with Crippen LogP contribution in [0.1, 0.15) is 17.2 Å². The monoisotopic (exact) mass is 216 g/mol. The van der Waals surface area contributed by atoms with Crippen LogP contribution in [0.2, 0.25) is 0 Å². The number of nitrogens with zero attached hydrogens (tertiary/aromatic N) is 1. The second-order valence-corrected chi connectivity index (χ2v) is 3.18. The van der Waals surface area contributed by atoms with Crippen LogP contribution in [0.5, 0.6) is 0 Å². The van der Waals surface area contributed by atoms with Gasteiger partial charge in [-0.1, -0.05) is 11.6 Å². The minimum absolute atomic E-state index is 0.130. The SMILES string of the molecule is Cc1ccc([N+](=O)[O-])c(C(N)C(F)F)c1. The highest BCUT2D eigenvalue weighted by atomic mass is 19.3. The minimum Gasteiger partial charge on any atom is -0.319 e. The van der Waals surface area contributed by atoms with Crippen molar-refractivity contribution in [3.05, 3.63) is 39.4 Å². The summed E-state index contributed by atoms with van der Waals surface area (Å²) in [6.07, 6.45) is -2.81. The van der Waals surface area contributed by atoms with Crippen LogP contribution in [0, 0.1) is 17.0 Å². The van der Waals surface area contributed by atoms with E-state index in [9.17, 15) is 18.9 Å². The number of benzene rings is 1. The third kappa shape index (κ3) is 2.47. The van der Waals surface area contributed by atoms with E-state index < -0.39 is 17.4 Å². The van der Waals surface area contributed by atoms with Gasteiger partial charge in [0.1, 0.15) is 0 Å². The average molecular weight is 216 g/mol. The molecule has 0 aliphatic carbocycles. The second kappa shape index (κ2) is 4.31. The molecule has 1 rings (SSSR count). The maximum Gasteiger partial charge on any atom is 0.274 e. The molecule has 0 aliphatic heterocycles. The maximum absolute atomic E-state index is 12.3. The Kier molecular flexibility index (Phi) is 3.31. The van der Waals surface area contributed by atoms with Gasteiger partial charge >= 0.3 is 0 Å². The molecule has 0 fully saturated rings. The molecule has 4 nitrogen and oxygen atoms in total. The zero-order valence-electron chi connectivity index (χ0n) is 7.98. The fourth-order valence-corrected chi connectivity index (χ4v) is 1.24. The smallest absolute Gasteiger partial charge is 0.274 e. The molecule has 0 aromatic heterocycles. The lowest BCUT2D eigenvalue weighted by Gasteiger charge is -2.11. The number of hydrogen-bond acceptors (Lipinski definition) is 3. The lowest BCUT2D eigenvalue weighted by atomic mass is 10.0. The molecule has 1 aromatic rings. The van der Waals surface area contributed by atoms with E-state index in [4.69, 9.17) is 5.73 Å². The Hall–Kier alpha value is -1.56. The molecule has 0 heterocycles. The summed E-state index contributed by atoms with van der Waals surface area (Å²) < 4.78 is 24.7. The van der Waals surface area contributed by atoms with E-state index in [-0.39, 0.29) is 11.3 Å². The van der Waals surface area contributed by atoms with Gasteiger partial charge in [0.15, 0.2) is 0 Å². The fourth-order valence-electron chi connectivity index (χ4n) is 1.24. The molecule has 2 N–H and O–H groups in total. The second-order valence-electron chi connectivity index (χ2n) is 3.18. The van der Waals surface area contributed by atoms with Crippen molar-refractivity contribution in [1.82, 2.24) is 0 Å². The summed E-state index contributed by atoms with van der Waals surface area (Å²) in [4.78, 5) is 9.85. The highest BCUT2D eigenvalue weighted by Gasteiger charge is 2.25.